The summed E-state index contributed by atoms with van der Waals surface area (Å²) in [6.45, 7) is 6.53. The fourth-order valence-electron chi connectivity index (χ4n) is 4.98. The van der Waals surface area contributed by atoms with Crippen LogP contribution in [0.15, 0.2) is 48.2 Å². The average Bonchev–Trinajstić information content (AvgIpc) is 3.33. The van der Waals surface area contributed by atoms with Crippen molar-refractivity contribution >= 4 is 17.6 Å². The molecule has 1 saturated heterocycles. The van der Waals surface area contributed by atoms with Crippen molar-refractivity contribution in [2.24, 2.45) is 0 Å². The van der Waals surface area contributed by atoms with Crippen molar-refractivity contribution in [3.05, 3.63) is 53.7 Å². The second kappa shape index (κ2) is 9.33. The van der Waals surface area contributed by atoms with Gasteiger partial charge < -0.3 is 9.80 Å². The highest BCUT2D eigenvalue weighted by Gasteiger charge is 2.24. The third-order valence-corrected chi connectivity index (χ3v) is 7.13. The Hall–Kier alpha value is -3.22. The molecule has 5 rings (SSSR count). The van der Waals surface area contributed by atoms with Gasteiger partial charge in [0.05, 0.1) is 5.69 Å². The van der Waals surface area contributed by atoms with Crippen LogP contribution in [-0.4, -0.2) is 56.6 Å². The second-order valence-electron chi connectivity index (χ2n) is 9.16. The van der Waals surface area contributed by atoms with Gasteiger partial charge in [-0.2, -0.15) is 9.50 Å². The molecule has 7 nitrogen and oxygen atoms in total. The summed E-state index contributed by atoms with van der Waals surface area (Å²) in [6.07, 6.45) is 10.3. The fraction of sp³-hybridized carbons (Fsp3) is 0.462. The van der Waals surface area contributed by atoms with E-state index >= 15 is 0 Å². The third kappa shape index (κ3) is 4.36. The van der Waals surface area contributed by atoms with Gasteiger partial charge in [0.25, 0.3) is 5.78 Å². The first kappa shape index (κ1) is 21.6. The van der Waals surface area contributed by atoms with Crippen molar-refractivity contribution < 1.29 is 4.79 Å². The number of aromatic nitrogens is 4. The van der Waals surface area contributed by atoms with E-state index in [1.807, 2.05) is 35.4 Å². The van der Waals surface area contributed by atoms with Gasteiger partial charge >= 0.3 is 0 Å². The van der Waals surface area contributed by atoms with Gasteiger partial charge in [-0.05, 0) is 44.2 Å². The maximum atomic E-state index is 12.4. The number of piperazine rings is 1. The lowest BCUT2D eigenvalue weighted by molar-refractivity contribution is -0.127. The number of carbonyl (C=O) groups is 1. The van der Waals surface area contributed by atoms with E-state index in [1.54, 1.807) is 6.20 Å². The molecule has 2 aromatic heterocycles. The van der Waals surface area contributed by atoms with E-state index in [2.05, 4.69) is 39.1 Å². The summed E-state index contributed by atoms with van der Waals surface area (Å²) in [4.78, 5) is 25.6. The van der Waals surface area contributed by atoms with Crippen molar-refractivity contribution in [1.82, 2.24) is 24.5 Å². The number of hydrogen-bond acceptors (Lipinski definition) is 5. The molecule has 0 radical (unpaired) electrons. The van der Waals surface area contributed by atoms with Gasteiger partial charge in [-0.15, -0.1) is 5.10 Å². The first-order valence-electron chi connectivity index (χ1n) is 12.1. The highest BCUT2D eigenvalue weighted by atomic mass is 16.2. The van der Waals surface area contributed by atoms with E-state index in [-0.39, 0.29) is 5.91 Å². The predicted octanol–water partition coefficient (Wildman–Crippen LogP) is 4.45. The van der Waals surface area contributed by atoms with Crippen molar-refractivity contribution in [2.75, 3.05) is 31.1 Å². The van der Waals surface area contributed by atoms with Crippen LogP contribution in [0.3, 0.4) is 0 Å². The van der Waals surface area contributed by atoms with Crippen LogP contribution in [-0.2, 0) is 4.79 Å². The van der Waals surface area contributed by atoms with Crippen molar-refractivity contribution in [1.29, 1.82) is 0 Å². The SMILES string of the molecule is C/C=C(\C)C(=O)N1CCN(c2nc3nccc(-c4ccc(C5CCCCC5)cc4)n3n2)CC1. The van der Waals surface area contributed by atoms with E-state index in [0.717, 1.165) is 16.8 Å². The zero-order chi connectivity index (χ0) is 22.8. The molecule has 33 heavy (non-hydrogen) atoms. The zero-order valence-electron chi connectivity index (χ0n) is 19.6. The number of hydrogen-bond donors (Lipinski definition) is 0. The summed E-state index contributed by atoms with van der Waals surface area (Å²) in [5.74, 6) is 2.08. The van der Waals surface area contributed by atoms with Gasteiger partial charge in [0.15, 0.2) is 0 Å². The minimum absolute atomic E-state index is 0.112. The standard InChI is InChI=1S/C26H32N6O/c1-3-19(2)24(33)30-15-17-31(18-16-30)26-28-25-27-14-13-23(32(25)29-26)22-11-9-21(10-12-22)20-7-5-4-6-8-20/h3,9-14,20H,4-8,15-18H2,1-2H3/b19-3+. The lowest BCUT2D eigenvalue weighted by Crippen LogP contribution is -2.49. The Kier molecular flexibility index (Phi) is 6.11. The number of carbonyl (C=O) groups excluding carboxylic acids is 1. The number of rotatable bonds is 4. The Labute approximate surface area is 195 Å². The van der Waals surface area contributed by atoms with Crippen molar-refractivity contribution in [3.63, 3.8) is 0 Å². The molecule has 0 bridgehead atoms. The van der Waals surface area contributed by atoms with E-state index in [9.17, 15) is 4.79 Å². The largest absolute Gasteiger partial charge is 0.336 e. The molecule has 7 heteroatoms. The molecule has 2 fully saturated rings. The molecule has 0 atom stereocenters. The Morgan fingerprint density at radius 2 is 1.73 bits per heavy atom. The van der Waals surface area contributed by atoms with Crippen molar-refractivity contribution in [3.8, 4) is 11.3 Å². The van der Waals surface area contributed by atoms with Crippen LogP contribution in [0.2, 0.25) is 0 Å². The summed E-state index contributed by atoms with van der Waals surface area (Å²) < 4.78 is 1.84. The molecule has 2 aliphatic rings. The molecular weight excluding hydrogens is 412 g/mol. The van der Waals surface area contributed by atoms with E-state index in [4.69, 9.17) is 5.10 Å². The predicted molar refractivity (Wildman–Crippen MR) is 130 cm³/mol. The van der Waals surface area contributed by atoms with Crippen molar-refractivity contribution in [2.45, 2.75) is 51.9 Å². The second-order valence-corrected chi connectivity index (χ2v) is 9.16. The monoisotopic (exact) mass is 444 g/mol. The summed E-state index contributed by atoms with van der Waals surface area (Å²) in [6, 6.07) is 11.0. The van der Waals surface area contributed by atoms with Crippen LogP contribution < -0.4 is 4.90 Å². The smallest absolute Gasteiger partial charge is 0.254 e. The number of allylic oxidation sites excluding steroid dienone is 1. The number of benzene rings is 1. The summed E-state index contributed by atoms with van der Waals surface area (Å²) >= 11 is 0. The molecule has 1 saturated carbocycles. The lowest BCUT2D eigenvalue weighted by atomic mass is 9.84. The molecule has 1 aliphatic carbocycles. The highest BCUT2D eigenvalue weighted by Crippen LogP contribution is 2.33. The molecule has 1 aliphatic heterocycles. The minimum Gasteiger partial charge on any atom is -0.336 e. The number of fused-ring (bicyclic) bond motifs is 1. The Balaban J connectivity index is 1.34. The van der Waals surface area contributed by atoms with Crippen LogP contribution in [0.1, 0.15) is 57.4 Å². The molecule has 0 N–H and O–H groups in total. The maximum Gasteiger partial charge on any atom is 0.254 e. The highest BCUT2D eigenvalue weighted by molar-refractivity contribution is 5.92. The molecule has 0 unspecified atom stereocenters. The van der Waals surface area contributed by atoms with Crippen LogP contribution in [0.25, 0.3) is 17.0 Å². The molecular formula is C26H32N6O. The van der Waals surface area contributed by atoms with Gasteiger partial charge in [-0.1, -0.05) is 49.6 Å². The minimum atomic E-state index is 0.112. The number of anilines is 1. The first-order chi connectivity index (χ1) is 16.1. The van der Waals surface area contributed by atoms with Gasteiger partial charge in [0.1, 0.15) is 0 Å². The van der Waals surface area contributed by atoms with E-state index < -0.39 is 0 Å². The van der Waals surface area contributed by atoms with Crippen LogP contribution in [0, 0.1) is 0 Å². The van der Waals surface area contributed by atoms with E-state index in [1.165, 1.54) is 37.7 Å². The summed E-state index contributed by atoms with van der Waals surface area (Å²) in [5.41, 5.74) is 4.35. The molecule has 1 aromatic carbocycles. The van der Waals surface area contributed by atoms with E-state index in [0.29, 0.717) is 43.8 Å². The Bertz CT molecular complexity index is 1150. The summed E-state index contributed by atoms with van der Waals surface area (Å²) in [5, 5.41) is 4.80. The fourth-order valence-corrected chi connectivity index (χ4v) is 4.98. The maximum absolute atomic E-state index is 12.4. The quantitative estimate of drug-likeness (QED) is 0.556. The summed E-state index contributed by atoms with van der Waals surface area (Å²) in [7, 11) is 0. The molecule has 172 valence electrons. The van der Waals surface area contributed by atoms with Gasteiger partial charge in [0, 0.05) is 43.5 Å². The normalized spacial score (nSPS) is 18.2. The lowest BCUT2D eigenvalue weighted by Gasteiger charge is -2.34. The van der Waals surface area contributed by atoms with Gasteiger partial charge in [-0.3, -0.25) is 4.79 Å². The Morgan fingerprint density at radius 1 is 1.00 bits per heavy atom. The third-order valence-electron chi connectivity index (χ3n) is 7.13. The number of amides is 1. The van der Waals surface area contributed by atoms with Gasteiger partial charge in [-0.25, -0.2) is 4.98 Å². The van der Waals surface area contributed by atoms with Gasteiger partial charge in [0.2, 0.25) is 11.9 Å². The first-order valence-corrected chi connectivity index (χ1v) is 12.1. The number of nitrogens with zero attached hydrogens (tertiary/aromatic N) is 6. The molecule has 3 aromatic rings. The van der Waals surface area contributed by atoms with Crippen LogP contribution >= 0.6 is 0 Å². The van der Waals surface area contributed by atoms with Crippen LogP contribution in [0.5, 0.6) is 0 Å². The topological polar surface area (TPSA) is 66.6 Å². The zero-order valence-corrected chi connectivity index (χ0v) is 19.6. The average molecular weight is 445 g/mol. The Morgan fingerprint density at radius 3 is 2.42 bits per heavy atom. The molecule has 3 heterocycles. The molecule has 1 amide bonds. The van der Waals surface area contributed by atoms with Crippen LogP contribution in [0.4, 0.5) is 5.95 Å². The molecule has 0 spiro atoms.